The molecule has 0 bridgehead atoms. The van der Waals surface area contributed by atoms with E-state index in [-0.39, 0.29) is 12.0 Å². The largest absolute Gasteiger partial charge is 0.489 e. The van der Waals surface area contributed by atoms with Crippen LogP contribution in [0.15, 0.2) is 36.6 Å². The number of nitrogens with zero attached hydrogens (tertiary/aromatic N) is 1. The molecule has 0 spiro atoms. The van der Waals surface area contributed by atoms with Gasteiger partial charge in [-0.1, -0.05) is 33.1 Å². The summed E-state index contributed by atoms with van der Waals surface area (Å²) in [5.74, 6) is 0.838. The van der Waals surface area contributed by atoms with Crippen LogP contribution in [0, 0.1) is 5.92 Å². The summed E-state index contributed by atoms with van der Waals surface area (Å²) in [6, 6.07) is 0. The van der Waals surface area contributed by atoms with Gasteiger partial charge in [-0.3, -0.25) is 4.90 Å². The van der Waals surface area contributed by atoms with Crippen LogP contribution in [0.4, 0.5) is 13.2 Å². The molecule has 1 aliphatic rings. The summed E-state index contributed by atoms with van der Waals surface area (Å²) < 4.78 is 43.3. The SMILES string of the molecule is C=C/C=C(/OC1CCCN(CC(F)(F)F)C1)C(=C)C(C)C. The molecule has 1 aliphatic heterocycles. The number of halogens is 3. The third-order valence-electron chi connectivity index (χ3n) is 3.44. The first kappa shape index (κ1) is 17.8. The van der Waals surface area contributed by atoms with Crippen molar-refractivity contribution >= 4 is 0 Å². The summed E-state index contributed by atoms with van der Waals surface area (Å²) in [5.41, 5.74) is 0.836. The van der Waals surface area contributed by atoms with Gasteiger partial charge in [0.05, 0.1) is 6.54 Å². The maximum Gasteiger partial charge on any atom is 0.401 e. The Hall–Kier alpha value is -1.23. The molecule has 2 nitrogen and oxygen atoms in total. The molecule has 21 heavy (non-hydrogen) atoms. The lowest BCUT2D eigenvalue weighted by atomic mass is 10.0. The summed E-state index contributed by atoms with van der Waals surface area (Å²) in [5, 5.41) is 0. The van der Waals surface area contributed by atoms with Crippen LogP contribution in [-0.2, 0) is 4.74 Å². The first-order chi connectivity index (χ1) is 9.73. The van der Waals surface area contributed by atoms with Crippen molar-refractivity contribution < 1.29 is 17.9 Å². The Morgan fingerprint density at radius 1 is 1.43 bits per heavy atom. The van der Waals surface area contributed by atoms with Crippen molar-refractivity contribution in [2.75, 3.05) is 19.6 Å². The van der Waals surface area contributed by atoms with E-state index in [1.165, 1.54) is 4.90 Å². The monoisotopic (exact) mass is 303 g/mol. The fraction of sp³-hybridized carbons (Fsp3) is 0.625. The average Bonchev–Trinajstić information content (AvgIpc) is 2.35. The van der Waals surface area contributed by atoms with Crippen molar-refractivity contribution in [1.29, 1.82) is 0 Å². The van der Waals surface area contributed by atoms with Crippen molar-refractivity contribution in [2.24, 2.45) is 5.92 Å². The number of rotatable bonds is 6. The van der Waals surface area contributed by atoms with Crippen LogP contribution >= 0.6 is 0 Å². The number of hydrogen-bond donors (Lipinski definition) is 0. The van der Waals surface area contributed by atoms with Crippen molar-refractivity contribution in [3.63, 3.8) is 0 Å². The van der Waals surface area contributed by atoms with Gasteiger partial charge in [-0.05, 0) is 37.0 Å². The van der Waals surface area contributed by atoms with Crippen LogP contribution in [-0.4, -0.2) is 36.8 Å². The molecular formula is C16H24F3NO. The minimum absolute atomic E-state index is 0.214. The Labute approximate surface area is 125 Å². The molecule has 1 fully saturated rings. The van der Waals surface area contributed by atoms with Gasteiger partial charge in [0.15, 0.2) is 0 Å². The van der Waals surface area contributed by atoms with E-state index in [1.54, 1.807) is 12.2 Å². The molecule has 0 aromatic rings. The molecule has 0 aromatic carbocycles. The lowest BCUT2D eigenvalue weighted by molar-refractivity contribution is -0.151. The van der Waals surface area contributed by atoms with E-state index >= 15 is 0 Å². The van der Waals surface area contributed by atoms with Gasteiger partial charge in [0.2, 0.25) is 0 Å². The maximum atomic E-state index is 12.5. The van der Waals surface area contributed by atoms with E-state index in [4.69, 9.17) is 4.74 Å². The molecule has 1 rings (SSSR count). The molecule has 0 aromatic heterocycles. The zero-order chi connectivity index (χ0) is 16.0. The van der Waals surface area contributed by atoms with Crippen LogP contribution in [0.1, 0.15) is 26.7 Å². The molecule has 0 aliphatic carbocycles. The van der Waals surface area contributed by atoms with Crippen molar-refractivity contribution in [3.05, 3.63) is 36.6 Å². The molecule has 1 heterocycles. The standard InChI is InChI=1S/C16H24F3NO/c1-5-7-15(13(4)12(2)3)21-14-8-6-9-20(10-14)11-16(17,18)19/h5,7,12,14H,1,4,6,8-11H2,2-3H3/b15-7+. The first-order valence-corrected chi connectivity index (χ1v) is 7.20. The smallest absolute Gasteiger partial charge is 0.401 e. The summed E-state index contributed by atoms with van der Waals surface area (Å²) in [6.45, 7) is 11.5. The molecule has 0 N–H and O–H groups in total. The quantitative estimate of drug-likeness (QED) is 0.535. The highest BCUT2D eigenvalue weighted by atomic mass is 19.4. The molecule has 0 radical (unpaired) electrons. The van der Waals surface area contributed by atoms with Crippen molar-refractivity contribution in [3.8, 4) is 0 Å². The molecule has 5 heteroatoms. The second kappa shape index (κ2) is 7.69. The van der Waals surface area contributed by atoms with E-state index in [0.29, 0.717) is 25.3 Å². The molecule has 0 saturated carbocycles. The van der Waals surface area contributed by atoms with Crippen molar-refractivity contribution in [1.82, 2.24) is 4.90 Å². The Kier molecular flexibility index (Phi) is 6.52. The number of piperidine rings is 1. The Bertz CT molecular complexity index is 399. The van der Waals surface area contributed by atoms with Gasteiger partial charge in [0.1, 0.15) is 11.9 Å². The van der Waals surface area contributed by atoms with Gasteiger partial charge in [0.25, 0.3) is 0 Å². The lowest BCUT2D eigenvalue weighted by Gasteiger charge is -2.34. The van der Waals surface area contributed by atoms with Gasteiger partial charge in [-0.15, -0.1) is 0 Å². The van der Waals surface area contributed by atoms with E-state index in [0.717, 1.165) is 12.0 Å². The zero-order valence-corrected chi connectivity index (χ0v) is 12.7. The summed E-state index contributed by atoms with van der Waals surface area (Å²) in [7, 11) is 0. The predicted molar refractivity (Wildman–Crippen MR) is 78.9 cm³/mol. The highest BCUT2D eigenvalue weighted by Gasteiger charge is 2.33. The van der Waals surface area contributed by atoms with Gasteiger partial charge in [-0.2, -0.15) is 13.2 Å². The molecule has 1 atom stereocenters. The normalized spacial score (nSPS) is 21.4. The Morgan fingerprint density at radius 3 is 2.62 bits per heavy atom. The van der Waals surface area contributed by atoms with E-state index in [2.05, 4.69) is 13.2 Å². The number of hydrogen-bond acceptors (Lipinski definition) is 2. The van der Waals surface area contributed by atoms with Crippen LogP contribution in [0.2, 0.25) is 0 Å². The van der Waals surface area contributed by atoms with E-state index in [1.807, 2.05) is 13.8 Å². The summed E-state index contributed by atoms with van der Waals surface area (Å²) in [6.07, 6.45) is 0.403. The third kappa shape index (κ3) is 6.38. The van der Waals surface area contributed by atoms with Crippen LogP contribution < -0.4 is 0 Å². The summed E-state index contributed by atoms with van der Waals surface area (Å²) in [4.78, 5) is 1.40. The average molecular weight is 303 g/mol. The Balaban J connectivity index is 2.65. The number of likely N-dealkylation sites (tertiary alicyclic amines) is 1. The zero-order valence-electron chi connectivity index (χ0n) is 12.7. The van der Waals surface area contributed by atoms with Crippen LogP contribution in [0.5, 0.6) is 0 Å². The second-order valence-corrected chi connectivity index (χ2v) is 5.68. The summed E-state index contributed by atoms with van der Waals surface area (Å²) >= 11 is 0. The molecule has 120 valence electrons. The minimum atomic E-state index is -4.16. The van der Waals surface area contributed by atoms with Gasteiger partial charge < -0.3 is 4.74 Å². The third-order valence-corrected chi connectivity index (χ3v) is 3.44. The minimum Gasteiger partial charge on any atom is -0.489 e. The van der Waals surface area contributed by atoms with E-state index < -0.39 is 12.7 Å². The molecular weight excluding hydrogens is 279 g/mol. The van der Waals surface area contributed by atoms with Crippen LogP contribution in [0.3, 0.4) is 0 Å². The van der Waals surface area contributed by atoms with Gasteiger partial charge in [-0.25, -0.2) is 0 Å². The highest BCUT2D eigenvalue weighted by molar-refractivity contribution is 5.27. The Morgan fingerprint density at radius 2 is 2.10 bits per heavy atom. The number of ether oxygens (including phenoxy) is 1. The lowest BCUT2D eigenvalue weighted by Crippen LogP contribution is -2.44. The first-order valence-electron chi connectivity index (χ1n) is 7.20. The fourth-order valence-electron chi connectivity index (χ4n) is 2.30. The molecule has 1 saturated heterocycles. The molecule has 1 unspecified atom stereocenters. The fourth-order valence-corrected chi connectivity index (χ4v) is 2.30. The van der Waals surface area contributed by atoms with Crippen molar-refractivity contribution in [2.45, 2.75) is 39.0 Å². The second-order valence-electron chi connectivity index (χ2n) is 5.68. The molecule has 0 amide bonds. The topological polar surface area (TPSA) is 12.5 Å². The van der Waals surface area contributed by atoms with Gasteiger partial charge >= 0.3 is 6.18 Å². The van der Waals surface area contributed by atoms with E-state index in [9.17, 15) is 13.2 Å². The maximum absolute atomic E-state index is 12.5. The van der Waals surface area contributed by atoms with Gasteiger partial charge in [0, 0.05) is 6.54 Å². The number of allylic oxidation sites excluding steroid dienone is 3. The predicted octanol–water partition coefficient (Wildman–Crippen LogP) is 4.31. The highest BCUT2D eigenvalue weighted by Crippen LogP contribution is 2.25. The van der Waals surface area contributed by atoms with Crippen LogP contribution in [0.25, 0.3) is 0 Å². The number of alkyl halides is 3.